The van der Waals surface area contributed by atoms with E-state index in [-0.39, 0.29) is 34.7 Å². The monoisotopic (exact) mass is 1020 g/mol. The van der Waals surface area contributed by atoms with Gasteiger partial charge in [-0.1, -0.05) is 54.6 Å². The third-order valence-corrected chi connectivity index (χ3v) is 17.6. The maximum absolute atomic E-state index is 12.0. The highest BCUT2D eigenvalue weighted by atomic mass is 35.5. The van der Waals surface area contributed by atoms with Crippen LogP contribution in [0, 0.1) is 38.5 Å². The molecule has 8 heterocycles. The van der Waals surface area contributed by atoms with Crippen molar-refractivity contribution in [2.75, 3.05) is 26.2 Å². The van der Waals surface area contributed by atoms with Gasteiger partial charge < -0.3 is 9.80 Å². The highest BCUT2D eigenvalue weighted by Gasteiger charge is 2.56. The molecule has 14 rings (SSSR count). The molecule has 0 atom stereocenters. The smallest absolute Gasteiger partial charge is 0.245 e. The summed E-state index contributed by atoms with van der Waals surface area (Å²) in [6.07, 6.45) is 14.3. The van der Waals surface area contributed by atoms with Gasteiger partial charge in [-0.05, 0) is 118 Å². The maximum atomic E-state index is 12.0. The molecule has 15 nitrogen and oxygen atoms in total. The Hall–Kier alpha value is -7.62. The van der Waals surface area contributed by atoms with E-state index in [1.54, 1.807) is 0 Å². The Morgan fingerprint density at radius 1 is 0.622 bits per heavy atom. The van der Waals surface area contributed by atoms with Crippen LogP contribution in [0.1, 0.15) is 71.4 Å². The van der Waals surface area contributed by atoms with E-state index < -0.39 is 0 Å². The number of fused-ring (bicyclic) bond motifs is 4. The minimum absolute atomic E-state index is 0.0155. The number of H-pyrrole nitrogens is 3. The second-order valence-electron chi connectivity index (χ2n) is 21.4. The van der Waals surface area contributed by atoms with E-state index >= 15 is 0 Å². The predicted molar refractivity (Wildman–Crippen MR) is 290 cm³/mol. The molecule has 3 N–H and O–H groups in total. The fraction of sp³-hybridized carbons (Fsp3) is 0.298. The molecule has 2 saturated heterocycles. The van der Waals surface area contributed by atoms with Gasteiger partial charge in [0.25, 0.3) is 0 Å². The van der Waals surface area contributed by atoms with Crippen LogP contribution in [-0.4, -0.2) is 104 Å². The van der Waals surface area contributed by atoms with Gasteiger partial charge in [-0.2, -0.15) is 25.5 Å². The number of halogens is 2. The first kappa shape index (κ1) is 46.2. The number of likely N-dealkylation sites (tertiary alicyclic amines) is 2. The molecule has 4 aromatic carbocycles. The van der Waals surface area contributed by atoms with Crippen molar-refractivity contribution in [3.05, 3.63) is 136 Å². The number of benzene rings is 4. The number of hydrogen-bond donors (Lipinski definition) is 3. The van der Waals surface area contributed by atoms with E-state index in [1.807, 2.05) is 66.7 Å². The number of rotatable bonds is 8. The van der Waals surface area contributed by atoms with E-state index in [0.29, 0.717) is 5.02 Å². The highest BCUT2D eigenvalue weighted by Crippen LogP contribution is 2.57. The van der Waals surface area contributed by atoms with Crippen LogP contribution in [0.3, 0.4) is 0 Å². The van der Waals surface area contributed by atoms with Crippen LogP contribution in [0.25, 0.3) is 77.5 Å². The number of aliphatic imine (C=N–C) groups is 1. The van der Waals surface area contributed by atoms with Gasteiger partial charge in [-0.25, -0.2) is 0 Å². The number of nitrogens with one attached hydrogen (secondary N) is 3. The molecule has 0 bridgehead atoms. The standard InChI is InChI=1S/C29H27ClN6O.C28H26ClN7O/c1-4-24(37)35-14-29(15-35)9-21(10-29)36-17(3)25(26-22-13-32-33-23(22)7-16(2)27(26)30)28(34-36)18-5-6-19-11-31-12-20(19)8-18;1-4-23(37)35-13-28(14-35)9-19(10-28)36-16(3)24(25-20-12-31-33-22(20)7-15(2)26(25)29)27(34-36)17-5-6-21-18(8-17)11-30-32-21/h4-8,12-13,21H,1,9-11,14-15H2,2-3H3,(H,32,33);4-8,11-12,19H,1,9-10,13-14H2,2-3H3,(H,30,32)(H,31,33). The molecule has 0 unspecified atom stereocenters. The van der Waals surface area contributed by atoms with Crippen molar-refractivity contribution in [3.63, 3.8) is 0 Å². The lowest BCUT2D eigenvalue weighted by atomic mass is 9.60. The van der Waals surface area contributed by atoms with E-state index in [9.17, 15) is 9.59 Å². The minimum atomic E-state index is 0.0155. The first-order valence-electron chi connectivity index (χ1n) is 25.1. The lowest BCUT2D eigenvalue weighted by molar-refractivity contribution is -0.149. The van der Waals surface area contributed by atoms with Crippen molar-refractivity contribution in [2.24, 2.45) is 15.8 Å². The summed E-state index contributed by atoms with van der Waals surface area (Å²) in [6, 6.07) is 17.4. The van der Waals surface area contributed by atoms with Crippen LogP contribution < -0.4 is 0 Å². The topological polar surface area (TPSA) is 175 Å². The van der Waals surface area contributed by atoms with Crippen molar-refractivity contribution in [2.45, 2.75) is 72.0 Å². The van der Waals surface area contributed by atoms with Crippen LogP contribution in [0.15, 0.2) is 97.4 Å². The Balaban J connectivity index is 0.000000143. The molecule has 5 aliphatic rings. The van der Waals surface area contributed by atoms with Crippen molar-refractivity contribution in [3.8, 4) is 44.8 Å². The van der Waals surface area contributed by atoms with Gasteiger partial charge in [0.15, 0.2) is 0 Å². The normalized spacial score (nSPS) is 17.3. The molecular formula is C57H53Cl2N13O2. The summed E-state index contributed by atoms with van der Waals surface area (Å²) in [7, 11) is 0. The zero-order chi connectivity index (χ0) is 50.9. The average Bonchev–Trinajstić information content (AvgIpc) is 4.23. The summed E-state index contributed by atoms with van der Waals surface area (Å²) in [4.78, 5) is 32.1. The van der Waals surface area contributed by atoms with Gasteiger partial charge in [0, 0.05) is 104 Å². The van der Waals surface area contributed by atoms with Gasteiger partial charge in [-0.15, -0.1) is 0 Å². The van der Waals surface area contributed by atoms with Crippen LogP contribution >= 0.6 is 23.2 Å². The van der Waals surface area contributed by atoms with E-state index in [2.05, 4.69) is 102 Å². The first-order valence-corrected chi connectivity index (χ1v) is 25.8. The summed E-state index contributed by atoms with van der Waals surface area (Å²) in [5.41, 5.74) is 17.7. The first-order chi connectivity index (χ1) is 35.7. The van der Waals surface area contributed by atoms with Crippen molar-refractivity contribution < 1.29 is 9.59 Å². The largest absolute Gasteiger partial charge is 0.338 e. The third kappa shape index (κ3) is 7.14. The molecule has 4 fully saturated rings. The van der Waals surface area contributed by atoms with Crippen LogP contribution in [-0.2, 0) is 16.1 Å². The van der Waals surface area contributed by atoms with Crippen LogP contribution in [0.4, 0.5) is 0 Å². The minimum Gasteiger partial charge on any atom is -0.338 e. The number of carbonyl (C=O) groups excluding carboxylic acids is 2. The molecule has 2 spiro atoms. The molecule has 2 aliphatic carbocycles. The van der Waals surface area contributed by atoms with Crippen molar-refractivity contribution >= 4 is 73.9 Å². The summed E-state index contributed by atoms with van der Waals surface area (Å²) >= 11 is 14.0. The molecule has 17 heteroatoms. The summed E-state index contributed by atoms with van der Waals surface area (Å²) in [6.45, 7) is 19.5. The number of hydrogen-bond acceptors (Lipinski definition) is 8. The molecule has 372 valence electrons. The molecule has 5 aromatic heterocycles. The maximum Gasteiger partial charge on any atom is 0.245 e. The second-order valence-corrected chi connectivity index (χ2v) is 22.2. The molecule has 3 aliphatic heterocycles. The summed E-state index contributed by atoms with van der Waals surface area (Å²) in [5, 5.41) is 37.0. The number of carbonyl (C=O) groups is 2. The predicted octanol–water partition coefficient (Wildman–Crippen LogP) is 11.2. The zero-order valence-electron chi connectivity index (χ0n) is 41.6. The van der Waals surface area contributed by atoms with Gasteiger partial charge >= 0.3 is 0 Å². The molecule has 74 heavy (non-hydrogen) atoms. The van der Waals surface area contributed by atoms with Gasteiger partial charge in [0.05, 0.1) is 63.8 Å². The SMILES string of the molecule is C=CC(=O)N1CC2(CC(n3nc(-c4ccc5[nH]ncc5c4)c(-c4c(Cl)c(C)cc5[nH]ncc45)c3C)C2)C1.C=CC(=O)N1CC2(CC(n3nc(-c4ccc5c(c4)C=NC5)c(-c4c(Cl)c(C)cc5[nH]ncc45)c3C)C2)C1. The highest BCUT2D eigenvalue weighted by molar-refractivity contribution is 6.36. The summed E-state index contributed by atoms with van der Waals surface area (Å²) in [5.74, 6) is 0.0362. The van der Waals surface area contributed by atoms with Crippen LogP contribution in [0.2, 0.25) is 10.0 Å². The quantitative estimate of drug-likeness (QED) is 0.127. The van der Waals surface area contributed by atoms with Crippen molar-refractivity contribution in [1.82, 2.24) is 60.0 Å². The Labute approximate surface area is 436 Å². The van der Waals surface area contributed by atoms with Gasteiger partial charge in [-0.3, -0.25) is 39.2 Å². The average molecular weight is 1020 g/mol. The molecule has 2 saturated carbocycles. The fourth-order valence-electron chi connectivity index (χ4n) is 12.8. The Kier molecular flexibility index (Phi) is 10.6. The lowest BCUT2D eigenvalue weighted by Crippen LogP contribution is -2.63. The number of aromatic nitrogens is 10. The lowest BCUT2D eigenvalue weighted by Gasteiger charge is -2.58. The number of nitrogens with zero attached hydrogens (tertiary/aromatic N) is 10. The van der Waals surface area contributed by atoms with E-state index in [0.717, 1.165) is 169 Å². The van der Waals surface area contributed by atoms with E-state index in [4.69, 9.17) is 33.4 Å². The molecular weight excluding hydrogens is 970 g/mol. The molecule has 0 radical (unpaired) electrons. The Bertz CT molecular complexity index is 3880. The zero-order valence-corrected chi connectivity index (χ0v) is 43.1. The Morgan fingerprint density at radius 3 is 1.61 bits per heavy atom. The molecule has 2 amide bonds. The Morgan fingerprint density at radius 2 is 1.09 bits per heavy atom. The van der Waals surface area contributed by atoms with Gasteiger partial charge in [0.2, 0.25) is 11.8 Å². The van der Waals surface area contributed by atoms with E-state index in [1.165, 1.54) is 17.7 Å². The number of aromatic amines is 3. The third-order valence-electron chi connectivity index (χ3n) is 16.6. The van der Waals surface area contributed by atoms with Gasteiger partial charge in [0.1, 0.15) is 11.4 Å². The molecule has 9 aromatic rings. The number of aryl methyl sites for hydroxylation is 2. The van der Waals surface area contributed by atoms with Crippen molar-refractivity contribution in [1.29, 1.82) is 0 Å². The summed E-state index contributed by atoms with van der Waals surface area (Å²) < 4.78 is 4.37. The fourth-order valence-corrected chi connectivity index (χ4v) is 13.3. The second kappa shape index (κ2) is 17.0. The number of amides is 2. The van der Waals surface area contributed by atoms with Crippen LogP contribution in [0.5, 0.6) is 0 Å².